The van der Waals surface area contributed by atoms with Crippen molar-refractivity contribution in [2.45, 2.75) is 91.8 Å². The molecule has 0 bridgehead atoms. The summed E-state index contributed by atoms with van der Waals surface area (Å²) < 4.78 is 37.9. The van der Waals surface area contributed by atoms with Crippen LogP contribution in [0.25, 0.3) is 0 Å². The number of halogens is 1. The van der Waals surface area contributed by atoms with Crippen LogP contribution in [0.15, 0.2) is 97.1 Å². The monoisotopic (exact) mass is 812 g/mol. The number of hydrogen-bond acceptors (Lipinski definition) is 7. The Balaban J connectivity index is 1.81. The summed E-state index contributed by atoms with van der Waals surface area (Å²) in [5, 5.41) is 15.2. The van der Waals surface area contributed by atoms with Crippen LogP contribution in [0.3, 0.4) is 0 Å². The summed E-state index contributed by atoms with van der Waals surface area (Å²) in [6.07, 6.45) is 0. The normalized spacial score (nSPS) is 12.2. The minimum absolute atomic E-state index is 0.0166. The lowest BCUT2D eigenvalue weighted by Gasteiger charge is -2.33. The summed E-state index contributed by atoms with van der Waals surface area (Å²) >= 11 is 7.02. The smallest absolute Gasteiger partial charge is 0.189 e. The topological polar surface area (TPSA) is 75.6 Å². The van der Waals surface area contributed by atoms with Crippen molar-refractivity contribution in [1.29, 1.82) is 0 Å². The Bertz CT molecular complexity index is 1980. The van der Waals surface area contributed by atoms with Crippen molar-refractivity contribution in [2.24, 2.45) is 0 Å². The zero-order chi connectivity index (χ0) is 41.5. The van der Waals surface area contributed by atoms with Gasteiger partial charge in [-0.3, -0.25) is 0 Å². The lowest BCUT2D eigenvalue weighted by Crippen LogP contribution is -2.30. The molecule has 0 aliphatic rings. The summed E-state index contributed by atoms with van der Waals surface area (Å²) in [7, 11) is 1.58. The minimum atomic E-state index is -1.74. The average Bonchev–Trinajstić information content (AvgIpc) is 3.16. The van der Waals surface area contributed by atoms with Crippen LogP contribution in [0.4, 0.5) is 0 Å². The fraction of sp³-hybridized carbons (Fsp3) is 0.375. The molecule has 0 spiro atoms. The highest BCUT2D eigenvalue weighted by Gasteiger charge is 2.36. The molecule has 0 unspecified atom stereocenters. The van der Waals surface area contributed by atoms with Gasteiger partial charge in [0.25, 0.3) is 0 Å². The largest absolute Gasteiger partial charge is 0.507 e. The molecule has 0 aliphatic heterocycles. The van der Waals surface area contributed by atoms with Gasteiger partial charge in [-0.2, -0.15) is 0 Å². The van der Waals surface area contributed by atoms with Crippen LogP contribution >= 0.6 is 19.5 Å². The standard InChI is InChI=1S/C48H58ClO7P/c1-46(2,3)37-22-34(49)23-40(43(37)50)57(41-26-35(51-10)24-38(47(4,5)6)44(41)55-30-53-28-32-18-14-12-15-19-32)42-27-36(52-11)25-39(48(7,8)9)45(42)56-31-54-29-33-20-16-13-17-21-33/h12-27,50H,28-31H2,1-11H3. The van der Waals surface area contributed by atoms with Crippen molar-refractivity contribution in [3.8, 4) is 28.7 Å². The van der Waals surface area contributed by atoms with E-state index in [9.17, 15) is 5.11 Å². The fourth-order valence-corrected chi connectivity index (χ4v) is 9.51. The Morgan fingerprint density at radius 2 is 0.930 bits per heavy atom. The first kappa shape index (κ1) is 43.9. The maximum atomic E-state index is 12.5. The molecule has 0 atom stereocenters. The van der Waals surface area contributed by atoms with E-state index in [-0.39, 0.29) is 30.2 Å². The van der Waals surface area contributed by atoms with Gasteiger partial charge in [-0.15, -0.1) is 0 Å². The molecule has 0 saturated heterocycles. The Hall–Kier alpha value is -4.26. The van der Waals surface area contributed by atoms with Crippen molar-refractivity contribution in [3.63, 3.8) is 0 Å². The van der Waals surface area contributed by atoms with Crippen LogP contribution < -0.4 is 34.9 Å². The molecule has 5 rings (SSSR count). The second kappa shape index (κ2) is 18.6. The first-order valence-electron chi connectivity index (χ1n) is 19.2. The number of rotatable bonds is 15. The second-order valence-electron chi connectivity index (χ2n) is 17.1. The molecule has 0 radical (unpaired) electrons. The lowest BCUT2D eigenvalue weighted by molar-refractivity contribution is 0.00470. The van der Waals surface area contributed by atoms with Gasteiger partial charge in [0, 0.05) is 37.6 Å². The predicted molar refractivity (Wildman–Crippen MR) is 234 cm³/mol. The van der Waals surface area contributed by atoms with E-state index in [2.05, 4.69) is 62.3 Å². The quantitative estimate of drug-likeness (QED) is 0.0641. The fourth-order valence-electron chi connectivity index (χ4n) is 6.55. The Kier molecular flexibility index (Phi) is 14.3. The highest BCUT2D eigenvalue weighted by Crippen LogP contribution is 2.50. The SMILES string of the molecule is COc1cc(P(c2cc(Cl)cc(C(C)(C)C)c2O)c2cc(OC)cc(C(C)(C)C)c2OCOCc2ccccc2)c(OCOCc2ccccc2)c(C(C)(C)C)c1. The van der Waals surface area contributed by atoms with Crippen LogP contribution in [-0.4, -0.2) is 32.9 Å². The van der Waals surface area contributed by atoms with Gasteiger partial charge in [-0.05, 0) is 71.7 Å². The van der Waals surface area contributed by atoms with Gasteiger partial charge < -0.3 is 33.5 Å². The molecule has 304 valence electrons. The number of ether oxygens (including phenoxy) is 6. The molecular weight excluding hydrogens is 755 g/mol. The van der Waals surface area contributed by atoms with Crippen molar-refractivity contribution in [2.75, 3.05) is 27.8 Å². The van der Waals surface area contributed by atoms with Gasteiger partial charge in [-0.25, -0.2) is 0 Å². The van der Waals surface area contributed by atoms with Gasteiger partial charge in [0.15, 0.2) is 13.6 Å². The van der Waals surface area contributed by atoms with Crippen LogP contribution in [0.5, 0.6) is 28.7 Å². The van der Waals surface area contributed by atoms with Gasteiger partial charge in [0.1, 0.15) is 28.7 Å². The summed E-state index contributed by atoms with van der Waals surface area (Å²) in [6, 6.07) is 31.7. The Morgan fingerprint density at radius 3 is 1.30 bits per heavy atom. The average molecular weight is 813 g/mol. The summed E-state index contributed by atoms with van der Waals surface area (Å²) in [5.41, 5.74) is 3.41. The van der Waals surface area contributed by atoms with Gasteiger partial charge in [-0.1, -0.05) is 135 Å². The van der Waals surface area contributed by atoms with Gasteiger partial charge in [0.05, 0.1) is 27.4 Å². The van der Waals surface area contributed by atoms with Gasteiger partial charge >= 0.3 is 0 Å². The number of benzene rings is 5. The molecule has 57 heavy (non-hydrogen) atoms. The molecule has 0 fully saturated rings. The number of phenolic OH excluding ortho intramolecular Hbond substituents is 1. The summed E-state index contributed by atoms with van der Waals surface area (Å²) in [6.45, 7) is 19.8. The third kappa shape index (κ3) is 11.0. The van der Waals surface area contributed by atoms with E-state index in [0.717, 1.165) is 38.4 Å². The van der Waals surface area contributed by atoms with Crippen molar-refractivity contribution < 1.29 is 33.5 Å². The zero-order valence-electron chi connectivity index (χ0n) is 35.3. The molecular formula is C48H58ClO7P. The molecule has 5 aromatic carbocycles. The van der Waals surface area contributed by atoms with Crippen molar-refractivity contribution >= 4 is 35.4 Å². The van der Waals surface area contributed by atoms with E-state index >= 15 is 0 Å². The van der Waals surface area contributed by atoms with E-state index in [1.165, 1.54) is 0 Å². The number of phenols is 1. The van der Waals surface area contributed by atoms with Crippen LogP contribution in [0.2, 0.25) is 5.02 Å². The Labute approximate surface area is 346 Å². The van der Waals surface area contributed by atoms with Crippen molar-refractivity contribution in [3.05, 3.63) is 130 Å². The molecule has 0 aliphatic carbocycles. The van der Waals surface area contributed by atoms with Crippen LogP contribution in [-0.2, 0) is 38.9 Å². The predicted octanol–water partition coefficient (Wildman–Crippen LogP) is 10.8. The van der Waals surface area contributed by atoms with E-state index in [4.69, 9.17) is 40.0 Å². The van der Waals surface area contributed by atoms with E-state index in [1.54, 1.807) is 14.2 Å². The maximum Gasteiger partial charge on any atom is 0.189 e. The van der Waals surface area contributed by atoms with E-state index < -0.39 is 13.3 Å². The maximum absolute atomic E-state index is 12.5. The number of aromatic hydroxyl groups is 1. The lowest BCUT2D eigenvalue weighted by atomic mass is 9.86. The highest BCUT2D eigenvalue weighted by atomic mass is 35.5. The summed E-state index contributed by atoms with van der Waals surface area (Å²) in [5.74, 6) is 2.70. The van der Waals surface area contributed by atoms with E-state index in [0.29, 0.717) is 46.5 Å². The molecule has 0 amide bonds. The van der Waals surface area contributed by atoms with Gasteiger partial charge in [0.2, 0.25) is 0 Å². The first-order chi connectivity index (χ1) is 26.9. The Morgan fingerprint density at radius 1 is 0.526 bits per heavy atom. The molecule has 0 aromatic heterocycles. The van der Waals surface area contributed by atoms with E-state index in [1.807, 2.05) is 97.1 Å². The molecule has 5 aromatic rings. The minimum Gasteiger partial charge on any atom is -0.507 e. The second-order valence-corrected chi connectivity index (χ2v) is 19.7. The number of hydrogen-bond donors (Lipinski definition) is 1. The third-order valence-electron chi connectivity index (χ3n) is 9.55. The van der Waals surface area contributed by atoms with Crippen LogP contribution in [0.1, 0.15) is 90.1 Å². The highest BCUT2D eigenvalue weighted by molar-refractivity contribution is 7.80. The molecule has 0 saturated carbocycles. The number of methoxy groups -OCH3 is 2. The zero-order valence-corrected chi connectivity index (χ0v) is 36.9. The first-order valence-corrected chi connectivity index (χ1v) is 20.9. The van der Waals surface area contributed by atoms with Crippen LogP contribution in [0, 0.1) is 0 Å². The third-order valence-corrected chi connectivity index (χ3v) is 12.2. The molecule has 0 heterocycles. The summed E-state index contributed by atoms with van der Waals surface area (Å²) in [4.78, 5) is 0. The molecule has 9 heteroatoms. The molecule has 7 nitrogen and oxygen atoms in total. The molecule has 1 N–H and O–H groups in total. The van der Waals surface area contributed by atoms with Crippen molar-refractivity contribution in [1.82, 2.24) is 0 Å².